The van der Waals surface area contributed by atoms with Crippen molar-refractivity contribution in [3.63, 3.8) is 0 Å². The number of hydrogen-bond donors (Lipinski definition) is 0. The van der Waals surface area contributed by atoms with Gasteiger partial charge in [0.05, 0.1) is 11.5 Å². The summed E-state index contributed by atoms with van der Waals surface area (Å²) in [5, 5.41) is 12.9. The molecule has 0 spiro atoms. The molecule has 0 N–H and O–H groups in total. The van der Waals surface area contributed by atoms with Crippen LogP contribution in [0.2, 0.25) is 0 Å². The van der Waals surface area contributed by atoms with Crippen molar-refractivity contribution in [1.29, 1.82) is 0 Å². The van der Waals surface area contributed by atoms with Crippen LogP contribution in [0.1, 0.15) is 16.5 Å². The van der Waals surface area contributed by atoms with E-state index >= 15 is 0 Å². The van der Waals surface area contributed by atoms with Crippen molar-refractivity contribution in [3.8, 4) is 0 Å². The molecule has 5 nitrogen and oxygen atoms in total. The van der Waals surface area contributed by atoms with Crippen LogP contribution in [-0.2, 0) is 4.74 Å². The van der Waals surface area contributed by atoms with Crippen molar-refractivity contribution in [2.75, 3.05) is 24.6 Å². The third-order valence-electron chi connectivity index (χ3n) is 3.67. The van der Waals surface area contributed by atoms with E-state index in [0.29, 0.717) is 12.2 Å². The Balaban J connectivity index is 1.80. The van der Waals surface area contributed by atoms with E-state index in [1.807, 2.05) is 23.6 Å². The Labute approximate surface area is 126 Å². The van der Waals surface area contributed by atoms with Crippen LogP contribution in [0.25, 0.3) is 0 Å². The summed E-state index contributed by atoms with van der Waals surface area (Å²) in [5.41, 5.74) is 1.88. The number of nitro groups is 1. The van der Waals surface area contributed by atoms with E-state index in [9.17, 15) is 10.1 Å². The number of ether oxygens (including phenoxy) is 1. The first-order chi connectivity index (χ1) is 10.1. The summed E-state index contributed by atoms with van der Waals surface area (Å²) in [6, 6.07) is 9.40. The summed E-state index contributed by atoms with van der Waals surface area (Å²) in [6.45, 7) is 4.02. The van der Waals surface area contributed by atoms with Crippen molar-refractivity contribution >= 4 is 22.7 Å². The first kappa shape index (κ1) is 14.0. The molecule has 1 unspecified atom stereocenters. The van der Waals surface area contributed by atoms with Gasteiger partial charge in [-0.1, -0.05) is 6.07 Å². The highest BCUT2D eigenvalue weighted by molar-refractivity contribution is 7.10. The second kappa shape index (κ2) is 5.83. The largest absolute Gasteiger partial charge is 0.369 e. The Morgan fingerprint density at radius 2 is 2.29 bits per heavy atom. The van der Waals surface area contributed by atoms with Gasteiger partial charge in [0.15, 0.2) is 0 Å². The van der Waals surface area contributed by atoms with Crippen LogP contribution in [0.5, 0.6) is 0 Å². The summed E-state index contributed by atoms with van der Waals surface area (Å²) >= 11 is 1.70. The molecular formula is C15H16N2O3S. The SMILES string of the molecule is Cc1cc(N2CCOC(c3cccs3)C2)ccc1[N+](=O)[O-]. The molecule has 6 heteroatoms. The van der Waals surface area contributed by atoms with Gasteiger partial charge in [-0.15, -0.1) is 11.3 Å². The van der Waals surface area contributed by atoms with Crippen LogP contribution in [0.15, 0.2) is 35.7 Å². The van der Waals surface area contributed by atoms with Gasteiger partial charge >= 0.3 is 0 Å². The second-order valence-electron chi connectivity index (χ2n) is 5.05. The van der Waals surface area contributed by atoms with Crippen molar-refractivity contribution in [2.24, 2.45) is 0 Å². The first-order valence-electron chi connectivity index (χ1n) is 6.80. The van der Waals surface area contributed by atoms with Crippen molar-refractivity contribution in [1.82, 2.24) is 0 Å². The number of nitro benzene ring substituents is 1. The fourth-order valence-electron chi connectivity index (χ4n) is 2.57. The molecular weight excluding hydrogens is 288 g/mol. The minimum absolute atomic E-state index is 0.0780. The first-order valence-corrected chi connectivity index (χ1v) is 7.68. The van der Waals surface area contributed by atoms with E-state index in [2.05, 4.69) is 11.0 Å². The van der Waals surface area contributed by atoms with Gasteiger partial charge in [0.2, 0.25) is 0 Å². The van der Waals surface area contributed by atoms with E-state index in [4.69, 9.17) is 4.74 Å². The standard InChI is InChI=1S/C15H16N2O3S/c1-11-9-12(4-5-13(11)17(18)19)16-6-7-20-14(10-16)15-3-2-8-21-15/h2-5,8-9,14H,6-7,10H2,1H3. The van der Waals surface area contributed by atoms with E-state index in [0.717, 1.165) is 18.8 Å². The molecule has 110 valence electrons. The van der Waals surface area contributed by atoms with Crippen LogP contribution in [0.3, 0.4) is 0 Å². The summed E-state index contributed by atoms with van der Waals surface area (Å²) in [7, 11) is 0. The monoisotopic (exact) mass is 304 g/mol. The number of thiophene rings is 1. The van der Waals surface area contributed by atoms with Crippen LogP contribution in [-0.4, -0.2) is 24.6 Å². The maximum absolute atomic E-state index is 10.9. The maximum atomic E-state index is 10.9. The van der Waals surface area contributed by atoms with E-state index in [1.165, 1.54) is 4.88 Å². The van der Waals surface area contributed by atoms with Gasteiger partial charge in [-0.25, -0.2) is 0 Å². The summed E-state index contributed by atoms with van der Waals surface area (Å²) < 4.78 is 5.83. The van der Waals surface area contributed by atoms with Crippen LogP contribution >= 0.6 is 11.3 Å². The zero-order valence-corrected chi connectivity index (χ0v) is 12.5. The molecule has 1 aromatic heterocycles. The molecule has 0 radical (unpaired) electrons. The molecule has 3 rings (SSSR count). The Morgan fingerprint density at radius 3 is 2.95 bits per heavy atom. The predicted molar refractivity (Wildman–Crippen MR) is 83.1 cm³/mol. The molecule has 21 heavy (non-hydrogen) atoms. The number of hydrogen-bond acceptors (Lipinski definition) is 5. The van der Waals surface area contributed by atoms with Gasteiger partial charge in [0, 0.05) is 35.3 Å². The van der Waals surface area contributed by atoms with Gasteiger partial charge in [-0.2, -0.15) is 0 Å². The topological polar surface area (TPSA) is 55.6 Å². The van der Waals surface area contributed by atoms with E-state index < -0.39 is 0 Å². The number of aryl methyl sites for hydroxylation is 1. The molecule has 0 saturated carbocycles. The Bertz CT molecular complexity index is 642. The fraction of sp³-hybridized carbons (Fsp3) is 0.333. The Kier molecular flexibility index (Phi) is 3.90. The van der Waals surface area contributed by atoms with Gasteiger partial charge in [0.25, 0.3) is 5.69 Å². The predicted octanol–water partition coefficient (Wildman–Crippen LogP) is 3.54. The quantitative estimate of drug-likeness (QED) is 0.643. The Hall–Kier alpha value is -1.92. The number of anilines is 1. The number of nitrogens with zero attached hydrogens (tertiary/aromatic N) is 2. The molecule has 0 amide bonds. The van der Waals surface area contributed by atoms with Crippen molar-refractivity contribution in [3.05, 3.63) is 56.3 Å². The molecule has 2 aromatic rings. The molecule has 1 aliphatic heterocycles. The molecule has 0 bridgehead atoms. The molecule has 0 aliphatic carbocycles. The molecule has 2 heterocycles. The van der Waals surface area contributed by atoms with Gasteiger partial charge < -0.3 is 9.64 Å². The molecule has 1 atom stereocenters. The highest BCUT2D eigenvalue weighted by atomic mass is 32.1. The third kappa shape index (κ3) is 2.91. The van der Waals surface area contributed by atoms with E-state index in [1.54, 1.807) is 24.3 Å². The lowest BCUT2D eigenvalue weighted by molar-refractivity contribution is -0.385. The average Bonchev–Trinajstić information content (AvgIpc) is 3.01. The Morgan fingerprint density at radius 1 is 1.43 bits per heavy atom. The van der Waals surface area contributed by atoms with Crippen LogP contribution in [0, 0.1) is 17.0 Å². The molecule has 1 fully saturated rings. The van der Waals surface area contributed by atoms with Gasteiger partial charge in [0.1, 0.15) is 6.10 Å². The van der Waals surface area contributed by atoms with Crippen LogP contribution in [0.4, 0.5) is 11.4 Å². The number of rotatable bonds is 3. The van der Waals surface area contributed by atoms with Gasteiger partial charge in [-0.3, -0.25) is 10.1 Å². The summed E-state index contributed by atoms with van der Waals surface area (Å²) in [4.78, 5) is 14.0. The minimum atomic E-state index is -0.340. The molecule has 1 saturated heterocycles. The summed E-state index contributed by atoms with van der Waals surface area (Å²) in [6.07, 6.45) is 0.0780. The second-order valence-corrected chi connectivity index (χ2v) is 6.03. The zero-order valence-electron chi connectivity index (χ0n) is 11.7. The highest BCUT2D eigenvalue weighted by Crippen LogP contribution is 2.30. The zero-order chi connectivity index (χ0) is 14.8. The van der Waals surface area contributed by atoms with Crippen molar-refractivity contribution < 1.29 is 9.66 Å². The average molecular weight is 304 g/mol. The molecule has 1 aliphatic rings. The van der Waals surface area contributed by atoms with E-state index in [-0.39, 0.29) is 16.7 Å². The third-order valence-corrected chi connectivity index (χ3v) is 4.63. The number of benzene rings is 1. The smallest absolute Gasteiger partial charge is 0.272 e. The lowest BCUT2D eigenvalue weighted by Gasteiger charge is -2.34. The highest BCUT2D eigenvalue weighted by Gasteiger charge is 2.23. The normalized spacial score (nSPS) is 18.7. The molecule has 1 aromatic carbocycles. The van der Waals surface area contributed by atoms with Crippen LogP contribution < -0.4 is 4.90 Å². The fourth-order valence-corrected chi connectivity index (χ4v) is 3.34. The maximum Gasteiger partial charge on any atom is 0.272 e. The summed E-state index contributed by atoms with van der Waals surface area (Å²) in [5.74, 6) is 0. The lowest BCUT2D eigenvalue weighted by atomic mass is 10.1. The van der Waals surface area contributed by atoms with Gasteiger partial charge in [-0.05, 0) is 30.5 Å². The van der Waals surface area contributed by atoms with Crippen molar-refractivity contribution in [2.45, 2.75) is 13.0 Å². The number of morpholine rings is 1. The minimum Gasteiger partial charge on any atom is -0.369 e. The lowest BCUT2D eigenvalue weighted by Crippen LogP contribution is -2.38.